The molecule has 0 saturated heterocycles. The van der Waals surface area contributed by atoms with Gasteiger partial charge in [-0.25, -0.2) is 4.98 Å². The molecule has 0 spiro atoms. The van der Waals surface area contributed by atoms with Crippen molar-refractivity contribution >= 4 is 23.3 Å². The first kappa shape index (κ1) is 15.3. The Labute approximate surface area is 122 Å². The van der Waals surface area contributed by atoms with Crippen LogP contribution in [0, 0.1) is 0 Å². The summed E-state index contributed by atoms with van der Waals surface area (Å²) in [5, 5.41) is 8.97. The second kappa shape index (κ2) is 6.11. The van der Waals surface area contributed by atoms with Crippen molar-refractivity contribution in [2.24, 2.45) is 0 Å². The number of aliphatic hydroxyl groups is 1. The van der Waals surface area contributed by atoms with E-state index in [1.807, 2.05) is 6.92 Å². The van der Waals surface area contributed by atoms with E-state index in [0.29, 0.717) is 21.5 Å². The highest BCUT2D eigenvalue weighted by molar-refractivity contribution is 8.01. The van der Waals surface area contributed by atoms with Crippen LogP contribution in [0.4, 0.5) is 13.2 Å². The molecule has 0 atom stereocenters. The van der Waals surface area contributed by atoms with Crippen molar-refractivity contribution in [3.8, 4) is 0 Å². The lowest BCUT2D eigenvalue weighted by atomic mass is 10.1. The molecule has 20 heavy (non-hydrogen) atoms. The standard InChI is InChI=1S/C12H11F3N2OS2/c1-2-10-16-11(20-17-10)19-8-4-3-7(6-18)9(5-8)12(13,14)15/h3-5,18H,2,6H2,1H3. The Hall–Kier alpha value is -1.12. The molecule has 0 aliphatic heterocycles. The normalized spacial score (nSPS) is 11.8. The van der Waals surface area contributed by atoms with Crippen LogP contribution in [0.2, 0.25) is 0 Å². The number of aromatic nitrogens is 2. The average Bonchev–Trinajstić information content (AvgIpc) is 2.85. The van der Waals surface area contributed by atoms with E-state index >= 15 is 0 Å². The molecule has 2 aromatic rings. The summed E-state index contributed by atoms with van der Waals surface area (Å²) in [7, 11) is 0. The smallest absolute Gasteiger partial charge is 0.392 e. The van der Waals surface area contributed by atoms with Crippen LogP contribution in [0.5, 0.6) is 0 Å². The molecule has 2 rings (SSSR count). The van der Waals surface area contributed by atoms with Crippen molar-refractivity contribution < 1.29 is 18.3 Å². The maximum absolute atomic E-state index is 12.9. The highest BCUT2D eigenvalue weighted by Crippen LogP contribution is 2.37. The number of rotatable bonds is 4. The monoisotopic (exact) mass is 320 g/mol. The fraction of sp³-hybridized carbons (Fsp3) is 0.333. The number of hydrogen-bond donors (Lipinski definition) is 1. The maximum atomic E-state index is 12.9. The average molecular weight is 320 g/mol. The number of halogens is 3. The van der Waals surface area contributed by atoms with E-state index in [2.05, 4.69) is 9.36 Å². The van der Waals surface area contributed by atoms with Gasteiger partial charge in [0.2, 0.25) is 0 Å². The fourth-order valence-corrected chi connectivity index (χ4v) is 3.26. The van der Waals surface area contributed by atoms with E-state index in [0.717, 1.165) is 29.4 Å². The number of aryl methyl sites for hydroxylation is 1. The van der Waals surface area contributed by atoms with E-state index in [4.69, 9.17) is 5.11 Å². The minimum absolute atomic E-state index is 0.131. The molecule has 1 aromatic heterocycles. The summed E-state index contributed by atoms with van der Waals surface area (Å²) < 4.78 is 43.3. The van der Waals surface area contributed by atoms with Gasteiger partial charge in [0.05, 0.1) is 12.2 Å². The molecule has 0 unspecified atom stereocenters. The molecule has 1 heterocycles. The summed E-state index contributed by atoms with van der Waals surface area (Å²) in [6.45, 7) is 1.27. The van der Waals surface area contributed by atoms with Gasteiger partial charge < -0.3 is 5.11 Å². The van der Waals surface area contributed by atoms with Crippen LogP contribution in [0.15, 0.2) is 27.4 Å². The van der Waals surface area contributed by atoms with Crippen molar-refractivity contribution in [3.05, 3.63) is 35.2 Å². The zero-order valence-electron chi connectivity index (χ0n) is 10.4. The Balaban J connectivity index is 2.29. The summed E-state index contributed by atoms with van der Waals surface area (Å²) >= 11 is 2.30. The Morgan fingerprint density at radius 2 is 2.10 bits per heavy atom. The van der Waals surface area contributed by atoms with E-state index in [1.54, 1.807) is 6.07 Å². The van der Waals surface area contributed by atoms with Crippen LogP contribution in [0.1, 0.15) is 23.9 Å². The molecular formula is C12H11F3N2OS2. The predicted molar refractivity (Wildman–Crippen MR) is 70.8 cm³/mol. The van der Waals surface area contributed by atoms with Crippen molar-refractivity contribution in [2.45, 2.75) is 35.4 Å². The van der Waals surface area contributed by atoms with Crippen LogP contribution in [0.25, 0.3) is 0 Å². The van der Waals surface area contributed by atoms with E-state index in [9.17, 15) is 13.2 Å². The van der Waals surface area contributed by atoms with Crippen LogP contribution >= 0.6 is 23.3 Å². The van der Waals surface area contributed by atoms with Gasteiger partial charge >= 0.3 is 6.18 Å². The predicted octanol–water partition coefficient (Wildman–Crippen LogP) is 3.76. The lowest BCUT2D eigenvalue weighted by Crippen LogP contribution is -2.09. The molecule has 0 bridgehead atoms. The summed E-state index contributed by atoms with van der Waals surface area (Å²) in [5.74, 6) is 0.681. The van der Waals surface area contributed by atoms with Crippen molar-refractivity contribution in [1.82, 2.24) is 9.36 Å². The number of aliphatic hydroxyl groups excluding tert-OH is 1. The van der Waals surface area contributed by atoms with Gasteiger partial charge in [0.15, 0.2) is 4.34 Å². The second-order valence-corrected chi connectivity index (χ2v) is 5.98. The van der Waals surface area contributed by atoms with Gasteiger partial charge in [-0.3, -0.25) is 0 Å². The number of alkyl halides is 3. The molecule has 1 aromatic carbocycles. The molecule has 0 amide bonds. The Kier molecular flexibility index (Phi) is 4.66. The van der Waals surface area contributed by atoms with Gasteiger partial charge in [0, 0.05) is 11.3 Å². The first-order valence-corrected chi connectivity index (χ1v) is 7.34. The lowest BCUT2D eigenvalue weighted by molar-refractivity contribution is -0.138. The topological polar surface area (TPSA) is 46.0 Å². The molecule has 0 aliphatic rings. The number of hydrogen-bond acceptors (Lipinski definition) is 5. The SMILES string of the molecule is CCc1nsc(Sc2ccc(CO)c(C(F)(F)F)c2)n1. The van der Waals surface area contributed by atoms with E-state index in [-0.39, 0.29) is 5.56 Å². The third-order valence-electron chi connectivity index (χ3n) is 2.53. The minimum atomic E-state index is -4.48. The van der Waals surface area contributed by atoms with Crippen LogP contribution in [-0.2, 0) is 19.2 Å². The summed E-state index contributed by atoms with van der Waals surface area (Å²) in [5.41, 5.74) is -0.946. The van der Waals surface area contributed by atoms with Gasteiger partial charge in [-0.15, -0.1) is 0 Å². The van der Waals surface area contributed by atoms with Gasteiger partial charge in [-0.1, -0.05) is 24.8 Å². The van der Waals surface area contributed by atoms with Gasteiger partial charge in [0.1, 0.15) is 5.82 Å². The Morgan fingerprint density at radius 1 is 1.35 bits per heavy atom. The molecule has 0 saturated carbocycles. The molecule has 0 aliphatic carbocycles. The summed E-state index contributed by atoms with van der Waals surface area (Å²) in [6, 6.07) is 3.86. The third kappa shape index (κ3) is 3.50. The molecule has 108 valence electrons. The highest BCUT2D eigenvalue weighted by atomic mass is 32.2. The van der Waals surface area contributed by atoms with Crippen LogP contribution in [-0.4, -0.2) is 14.5 Å². The molecule has 0 fully saturated rings. The Bertz CT molecular complexity index is 599. The Morgan fingerprint density at radius 3 is 2.65 bits per heavy atom. The number of benzene rings is 1. The van der Waals surface area contributed by atoms with Gasteiger partial charge in [-0.2, -0.15) is 17.5 Å². The van der Waals surface area contributed by atoms with E-state index < -0.39 is 18.3 Å². The zero-order valence-corrected chi connectivity index (χ0v) is 12.1. The zero-order chi connectivity index (χ0) is 14.8. The van der Waals surface area contributed by atoms with Crippen molar-refractivity contribution in [2.75, 3.05) is 0 Å². The summed E-state index contributed by atoms with van der Waals surface area (Å²) in [6.07, 6.45) is -3.79. The van der Waals surface area contributed by atoms with Crippen molar-refractivity contribution in [1.29, 1.82) is 0 Å². The molecule has 0 radical (unpaired) electrons. The first-order valence-electron chi connectivity index (χ1n) is 5.75. The maximum Gasteiger partial charge on any atom is 0.416 e. The first-order chi connectivity index (χ1) is 9.44. The number of nitrogens with zero attached hydrogens (tertiary/aromatic N) is 2. The minimum Gasteiger partial charge on any atom is -0.392 e. The highest BCUT2D eigenvalue weighted by Gasteiger charge is 2.33. The third-order valence-corrected chi connectivity index (χ3v) is 4.31. The lowest BCUT2D eigenvalue weighted by Gasteiger charge is -2.12. The largest absolute Gasteiger partial charge is 0.416 e. The van der Waals surface area contributed by atoms with E-state index in [1.165, 1.54) is 6.07 Å². The van der Waals surface area contributed by atoms with Gasteiger partial charge in [0.25, 0.3) is 0 Å². The van der Waals surface area contributed by atoms with Crippen LogP contribution in [0.3, 0.4) is 0 Å². The fourth-order valence-electron chi connectivity index (χ4n) is 1.54. The van der Waals surface area contributed by atoms with Crippen molar-refractivity contribution in [3.63, 3.8) is 0 Å². The quantitative estimate of drug-likeness (QED) is 0.931. The summed E-state index contributed by atoms with van der Waals surface area (Å²) in [4.78, 5) is 4.62. The molecular weight excluding hydrogens is 309 g/mol. The van der Waals surface area contributed by atoms with Crippen LogP contribution < -0.4 is 0 Å². The molecule has 1 N–H and O–H groups in total. The molecule has 3 nitrogen and oxygen atoms in total. The van der Waals surface area contributed by atoms with Gasteiger partial charge in [-0.05, 0) is 29.2 Å². The molecule has 8 heteroatoms. The second-order valence-electron chi connectivity index (χ2n) is 3.91.